The fourth-order valence-corrected chi connectivity index (χ4v) is 6.17. The molecule has 246 valence electrons. The van der Waals surface area contributed by atoms with Gasteiger partial charge in [0.2, 0.25) is 0 Å². The Balaban J connectivity index is 0.000000454. The summed E-state index contributed by atoms with van der Waals surface area (Å²) < 4.78 is 0. The van der Waals surface area contributed by atoms with E-state index in [0.29, 0.717) is 11.7 Å². The highest BCUT2D eigenvalue weighted by atomic mass is 16.3. The Bertz CT molecular complexity index is 1350. The zero-order valence-electron chi connectivity index (χ0n) is 30.7. The molecule has 2 heteroatoms. The topological polar surface area (TPSA) is 37.3 Å². The molecule has 0 aliphatic heterocycles. The second-order valence-electron chi connectivity index (χ2n) is 14.2. The fraction of sp³-hybridized carbons (Fsp3) is 0.465. The number of carbonyl (C=O) groups is 1. The summed E-state index contributed by atoms with van der Waals surface area (Å²) in [7, 11) is 0. The number of hydrogen-bond donors (Lipinski definition) is 1. The first kappa shape index (κ1) is 39.8. The number of aliphatic hydroxyl groups is 1. The van der Waals surface area contributed by atoms with Gasteiger partial charge in [0.1, 0.15) is 0 Å². The van der Waals surface area contributed by atoms with Gasteiger partial charge in [-0.05, 0) is 90.2 Å². The zero-order chi connectivity index (χ0) is 34.4. The summed E-state index contributed by atoms with van der Waals surface area (Å²) in [6.45, 7) is 27.5. The van der Waals surface area contributed by atoms with E-state index in [2.05, 4.69) is 135 Å². The van der Waals surface area contributed by atoms with Crippen LogP contribution in [0.5, 0.6) is 0 Å². The molecular formula is C43H62O2. The molecule has 0 bridgehead atoms. The van der Waals surface area contributed by atoms with Gasteiger partial charge in [-0.25, -0.2) is 0 Å². The van der Waals surface area contributed by atoms with Crippen molar-refractivity contribution in [2.45, 2.75) is 109 Å². The van der Waals surface area contributed by atoms with Crippen molar-refractivity contribution in [1.82, 2.24) is 0 Å². The van der Waals surface area contributed by atoms with Crippen molar-refractivity contribution in [2.24, 2.45) is 22.7 Å². The molecule has 0 saturated heterocycles. The van der Waals surface area contributed by atoms with Crippen LogP contribution in [-0.2, 0) is 4.79 Å². The Morgan fingerprint density at radius 2 is 1.33 bits per heavy atom. The van der Waals surface area contributed by atoms with Gasteiger partial charge in [-0.2, -0.15) is 0 Å². The molecule has 0 aromatic rings. The normalized spacial score (nSPS) is 25.2. The SMILES string of the molecule is C/C=C(C)/C=C/C=C(C)/C=C/C1C(C)=CC(O)CC1(C)C.C/C=C/C=C(C)/C=C/C=C(C)/C=C/C1=C(C)C(=O)C(C)CC1(C)C. The summed E-state index contributed by atoms with van der Waals surface area (Å²) in [6, 6.07) is 0. The average molecular weight is 611 g/mol. The van der Waals surface area contributed by atoms with E-state index < -0.39 is 0 Å². The molecule has 2 aliphatic carbocycles. The molecule has 0 spiro atoms. The van der Waals surface area contributed by atoms with Crippen LogP contribution < -0.4 is 0 Å². The highest BCUT2D eigenvalue weighted by Crippen LogP contribution is 2.43. The van der Waals surface area contributed by atoms with E-state index in [4.69, 9.17) is 0 Å². The molecule has 0 saturated carbocycles. The lowest BCUT2D eigenvalue weighted by atomic mass is 9.67. The molecule has 0 radical (unpaired) electrons. The molecule has 0 aromatic carbocycles. The molecule has 2 rings (SSSR count). The third-order valence-corrected chi connectivity index (χ3v) is 8.80. The van der Waals surface area contributed by atoms with Crippen molar-refractivity contribution in [3.63, 3.8) is 0 Å². The Morgan fingerprint density at radius 3 is 1.89 bits per heavy atom. The van der Waals surface area contributed by atoms with Crippen LogP contribution in [0.4, 0.5) is 0 Å². The van der Waals surface area contributed by atoms with Crippen LogP contribution in [0.25, 0.3) is 0 Å². The van der Waals surface area contributed by atoms with Gasteiger partial charge >= 0.3 is 0 Å². The van der Waals surface area contributed by atoms with Crippen molar-refractivity contribution >= 4 is 5.78 Å². The van der Waals surface area contributed by atoms with E-state index >= 15 is 0 Å². The number of allylic oxidation sites excluding steroid dienone is 21. The quantitative estimate of drug-likeness (QED) is 0.208. The number of rotatable bonds is 9. The monoisotopic (exact) mass is 610 g/mol. The molecule has 2 aliphatic rings. The lowest BCUT2D eigenvalue weighted by molar-refractivity contribution is -0.120. The van der Waals surface area contributed by atoms with Crippen LogP contribution in [0.1, 0.15) is 103 Å². The van der Waals surface area contributed by atoms with E-state index in [1.54, 1.807) is 0 Å². The van der Waals surface area contributed by atoms with E-state index in [1.807, 2.05) is 45.9 Å². The van der Waals surface area contributed by atoms with Crippen LogP contribution in [0, 0.1) is 22.7 Å². The number of hydrogen-bond acceptors (Lipinski definition) is 2. The van der Waals surface area contributed by atoms with Gasteiger partial charge in [-0.1, -0.05) is 154 Å². The van der Waals surface area contributed by atoms with Gasteiger partial charge in [0.15, 0.2) is 5.78 Å². The zero-order valence-corrected chi connectivity index (χ0v) is 30.7. The first-order valence-electron chi connectivity index (χ1n) is 16.6. The minimum Gasteiger partial charge on any atom is -0.389 e. The van der Waals surface area contributed by atoms with Crippen LogP contribution in [0.2, 0.25) is 0 Å². The predicted molar refractivity (Wildman–Crippen MR) is 199 cm³/mol. The van der Waals surface area contributed by atoms with E-state index in [9.17, 15) is 9.90 Å². The van der Waals surface area contributed by atoms with E-state index in [0.717, 1.165) is 18.4 Å². The summed E-state index contributed by atoms with van der Waals surface area (Å²) in [5.41, 5.74) is 8.41. The maximum atomic E-state index is 12.3. The van der Waals surface area contributed by atoms with E-state index in [-0.39, 0.29) is 22.9 Å². The molecule has 3 unspecified atom stereocenters. The summed E-state index contributed by atoms with van der Waals surface area (Å²) >= 11 is 0. The Hall–Kier alpha value is -3.23. The van der Waals surface area contributed by atoms with Crippen LogP contribution in [0.15, 0.2) is 130 Å². The van der Waals surface area contributed by atoms with Crippen LogP contribution >= 0.6 is 0 Å². The standard InChI is InChI=1S/C23H32O.C20H30O/c1-8-9-11-17(2)12-10-13-18(3)14-15-21-20(5)22(24)19(4)16-23(21,6)7;1-7-15(2)9-8-10-16(3)11-12-19-17(4)13-18(21)14-20(19,5)6/h8-15,19H,16H2,1-7H3;7-13,18-19,21H,14H2,1-6H3/b9-8+,12-10+,15-14+,17-11+,18-13+;9-8+,12-11+,15-7+,16-10+. The van der Waals surface area contributed by atoms with Crippen molar-refractivity contribution < 1.29 is 9.90 Å². The van der Waals surface area contributed by atoms with Gasteiger partial charge in [-0.15, -0.1) is 0 Å². The third-order valence-electron chi connectivity index (χ3n) is 8.80. The number of aliphatic hydroxyl groups excluding tert-OH is 1. The first-order valence-corrected chi connectivity index (χ1v) is 16.6. The molecule has 2 nitrogen and oxygen atoms in total. The van der Waals surface area contributed by atoms with Gasteiger partial charge < -0.3 is 5.11 Å². The Morgan fingerprint density at radius 1 is 0.800 bits per heavy atom. The number of Topliss-reactive ketones (excluding diaryl/α,β-unsaturated/α-hetero) is 1. The average Bonchev–Trinajstić information content (AvgIpc) is 2.93. The molecule has 3 atom stereocenters. The maximum absolute atomic E-state index is 12.3. The highest BCUT2D eigenvalue weighted by molar-refractivity contribution is 5.98. The minimum atomic E-state index is -0.298. The van der Waals surface area contributed by atoms with Gasteiger partial charge in [-0.3, -0.25) is 4.79 Å². The Labute approximate surface area is 276 Å². The number of ketones is 1. The smallest absolute Gasteiger partial charge is 0.161 e. The summed E-state index contributed by atoms with van der Waals surface area (Å²) in [6.07, 6.45) is 33.0. The van der Waals surface area contributed by atoms with Crippen molar-refractivity contribution in [2.75, 3.05) is 0 Å². The second kappa shape index (κ2) is 18.7. The lowest BCUT2D eigenvalue weighted by Gasteiger charge is -2.38. The number of carbonyl (C=O) groups excluding carboxylic acids is 1. The first-order chi connectivity index (χ1) is 20.9. The molecule has 1 N–H and O–H groups in total. The molecule has 0 aromatic heterocycles. The maximum Gasteiger partial charge on any atom is 0.161 e. The summed E-state index contributed by atoms with van der Waals surface area (Å²) in [4.78, 5) is 12.3. The van der Waals surface area contributed by atoms with Crippen molar-refractivity contribution in [1.29, 1.82) is 0 Å². The van der Waals surface area contributed by atoms with Crippen LogP contribution in [0.3, 0.4) is 0 Å². The molecular weight excluding hydrogens is 548 g/mol. The minimum absolute atomic E-state index is 0.0514. The molecule has 45 heavy (non-hydrogen) atoms. The van der Waals surface area contributed by atoms with Crippen molar-refractivity contribution in [3.8, 4) is 0 Å². The molecule has 0 heterocycles. The van der Waals surface area contributed by atoms with E-state index in [1.165, 1.54) is 33.4 Å². The summed E-state index contributed by atoms with van der Waals surface area (Å²) in [5, 5.41) is 9.88. The van der Waals surface area contributed by atoms with Gasteiger partial charge in [0.25, 0.3) is 0 Å². The molecule has 0 fully saturated rings. The lowest BCUT2D eigenvalue weighted by Crippen LogP contribution is -2.32. The Kier molecular flexibility index (Phi) is 16.5. The van der Waals surface area contributed by atoms with Crippen molar-refractivity contribution in [3.05, 3.63) is 130 Å². The highest BCUT2D eigenvalue weighted by Gasteiger charge is 2.35. The van der Waals surface area contributed by atoms with Crippen LogP contribution in [-0.4, -0.2) is 17.0 Å². The third kappa shape index (κ3) is 13.7. The largest absolute Gasteiger partial charge is 0.389 e. The molecule has 0 amide bonds. The fourth-order valence-electron chi connectivity index (χ4n) is 6.17. The summed E-state index contributed by atoms with van der Waals surface area (Å²) in [5.74, 6) is 0.814. The predicted octanol–water partition coefficient (Wildman–Crippen LogP) is 11.9. The van der Waals surface area contributed by atoms with Gasteiger partial charge in [0.05, 0.1) is 6.10 Å². The van der Waals surface area contributed by atoms with Gasteiger partial charge in [0, 0.05) is 11.8 Å². The second-order valence-corrected chi connectivity index (χ2v) is 14.2.